The van der Waals surface area contributed by atoms with Gasteiger partial charge in [0.1, 0.15) is 0 Å². The summed E-state index contributed by atoms with van der Waals surface area (Å²) in [7, 11) is 0. The van der Waals surface area contributed by atoms with Gasteiger partial charge < -0.3 is 0 Å². The van der Waals surface area contributed by atoms with E-state index in [1.54, 1.807) is 23.1 Å². The molecule has 1 nitrogen and oxygen atoms in total. The largest absolute Gasteiger partial charge is 0.272 e. The summed E-state index contributed by atoms with van der Waals surface area (Å²) >= 11 is 3.52. The minimum absolute atomic E-state index is 0. The van der Waals surface area contributed by atoms with Crippen molar-refractivity contribution < 1.29 is 0 Å². The molecule has 2 aromatic carbocycles. The average Bonchev–Trinajstić information content (AvgIpc) is 2.56. The first-order valence-electron chi connectivity index (χ1n) is 6.84. The predicted molar refractivity (Wildman–Crippen MR) is 98.8 cm³/mol. The molecular weight excluding hydrogens is 330 g/mol. The molecule has 0 saturated heterocycles. The Labute approximate surface area is 143 Å². The molecule has 3 aromatic rings. The molecule has 1 aliphatic heterocycles. The van der Waals surface area contributed by atoms with Crippen molar-refractivity contribution in [1.82, 2.24) is 0 Å². The number of hydrogen-bond donors (Lipinski definition) is 0. The van der Waals surface area contributed by atoms with Crippen LogP contribution in [0.1, 0.15) is 11.6 Å². The van der Waals surface area contributed by atoms with E-state index in [9.17, 15) is 0 Å². The highest BCUT2D eigenvalue weighted by Crippen LogP contribution is 2.35. The van der Waals surface area contributed by atoms with Crippen LogP contribution in [0.2, 0.25) is 0 Å². The Hall–Kier alpha value is -1.55. The van der Waals surface area contributed by atoms with Crippen molar-refractivity contribution in [2.24, 2.45) is 4.99 Å². The SMILES string of the molecule is C1=CC(N=c2ccsc3ccccc23)c2ccccc2S1.Cl. The summed E-state index contributed by atoms with van der Waals surface area (Å²) in [4.78, 5) is 6.30. The van der Waals surface area contributed by atoms with Gasteiger partial charge in [-0.25, -0.2) is 0 Å². The fraction of sp³-hybridized carbons (Fsp3) is 0.0556. The molecule has 0 bridgehead atoms. The smallest absolute Gasteiger partial charge is 0.0956 e. The van der Waals surface area contributed by atoms with Gasteiger partial charge in [-0.3, -0.25) is 4.99 Å². The molecule has 0 saturated carbocycles. The number of nitrogens with zero attached hydrogens (tertiary/aromatic N) is 1. The number of halogens is 1. The summed E-state index contributed by atoms with van der Waals surface area (Å²) in [6, 6.07) is 19.2. The van der Waals surface area contributed by atoms with E-state index < -0.39 is 0 Å². The summed E-state index contributed by atoms with van der Waals surface area (Å²) in [6.07, 6.45) is 2.18. The van der Waals surface area contributed by atoms with Crippen LogP contribution in [-0.4, -0.2) is 0 Å². The summed E-state index contributed by atoms with van der Waals surface area (Å²) in [5, 5.41) is 6.56. The highest BCUT2D eigenvalue weighted by molar-refractivity contribution is 8.02. The lowest BCUT2D eigenvalue weighted by Gasteiger charge is -2.16. The van der Waals surface area contributed by atoms with Crippen LogP contribution in [0, 0.1) is 0 Å². The van der Waals surface area contributed by atoms with E-state index in [-0.39, 0.29) is 18.4 Å². The second kappa shape index (κ2) is 6.69. The Morgan fingerprint density at radius 1 is 0.909 bits per heavy atom. The molecule has 1 aliphatic rings. The molecule has 0 radical (unpaired) electrons. The number of thioether (sulfide) groups is 1. The number of fused-ring (bicyclic) bond motifs is 2. The van der Waals surface area contributed by atoms with Gasteiger partial charge in [0.05, 0.1) is 11.4 Å². The average molecular weight is 344 g/mol. The highest BCUT2D eigenvalue weighted by Gasteiger charge is 2.14. The molecule has 1 atom stereocenters. The van der Waals surface area contributed by atoms with Crippen LogP contribution >= 0.6 is 35.5 Å². The molecule has 110 valence electrons. The van der Waals surface area contributed by atoms with Crippen molar-refractivity contribution in [2.75, 3.05) is 0 Å². The first kappa shape index (κ1) is 15.3. The molecule has 2 heterocycles. The maximum atomic E-state index is 4.99. The topological polar surface area (TPSA) is 12.4 Å². The van der Waals surface area contributed by atoms with Gasteiger partial charge in [-0.1, -0.05) is 48.2 Å². The Balaban J connectivity index is 0.00000144. The van der Waals surface area contributed by atoms with Crippen molar-refractivity contribution in [3.8, 4) is 0 Å². The molecule has 0 N–H and O–H groups in total. The van der Waals surface area contributed by atoms with Crippen LogP contribution in [0.3, 0.4) is 0 Å². The lowest BCUT2D eigenvalue weighted by atomic mass is 10.1. The fourth-order valence-corrected chi connectivity index (χ4v) is 4.20. The first-order chi connectivity index (χ1) is 10.4. The zero-order valence-corrected chi connectivity index (χ0v) is 14.1. The van der Waals surface area contributed by atoms with Gasteiger partial charge in [0.25, 0.3) is 0 Å². The molecule has 4 heteroatoms. The normalized spacial score (nSPS) is 17.1. The van der Waals surface area contributed by atoms with Crippen molar-refractivity contribution in [3.63, 3.8) is 0 Å². The van der Waals surface area contributed by atoms with E-state index in [1.807, 2.05) is 0 Å². The Morgan fingerprint density at radius 2 is 1.73 bits per heavy atom. The molecule has 0 amide bonds. The van der Waals surface area contributed by atoms with Crippen LogP contribution in [0.5, 0.6) is 0 Å². The van der Waals surface area contributed by atoms with Crippen molar-refractivity contribution in [3.05, 3.63) is 82.4 Å². The second-order valence-electron chi connectivity index (χ2n) is 4.86. The minimum Gasteiger partial charge on any atom is -0.272 e. The van der Waals surface area contributed by atoms with Crippen molar-refractivity contribution in [2.45, 2.75) is 10.9 Å². The number of hydrogen-bond acceptors (Lipinski definition) is 3. The van der Waals surface area contributed by atoms with Gasteiger partial charge >= 0.3 is 0 Å². The molecule has 0 spiro atoms. The van der Waals surface area contributed by atoms with E-state index in [4.69, 9.17) is 4.99 Å². The molecule has 0 aliphatic carbocycles. The van der Waals surface area contributed by atoms with E-state index in [1.165, 1.54) is 20.5 Å². The maximum absolute atomic E-state index is 4.99. The van der Waals surface area contributed by atoms with Gasteiger partial charge in [-0.2, -0.15) is 0 Å². The minimum atomic E-state index is 0. The third-order valence-corrected chi connectivity index (χ3v) is 5.36. The van der Waals surface area contributed by atoms with Gasteiger partial charge in [-0.15, -0.1) is 23.7 Å². The van der Waals surface area contributed by atoms with Crippen LogP contribution in [0.15, 0.2) is 81.3 Å². The van der Waals surface area contributed by atoms with Crippen LogP contribution in [-0.2, 0) is 0 Å². The maximum Gasteiger partial charge on any atom is 0.0956 e. The van der Waals surface area contributed by atoms with Crippen LogP contribution in [0.4, 0.5) is 0 Å². The van der Waals surface area contributed by atoms with Gasteiger partial charge in [-0.05, 0) is 40.6 Å². The van der Waals surface area contributed by atoms with Crippen LogP contribution in [0.25, 0.3) is 10.1 Å². The lowest BCUT2D eigenvalue weighted by molar-refractivity contribution is 0.852. The zero-order chi connectivity index (χ0) is 14.1. The Morgan fingerprint density at radius 3 is 2.68 bits per heavy atom. The summed E-state index contributed by atoms with van der Waals surface area (Å²) in [6.45, 7) is 0. The molecule has 4 rings (SSSR count). The molecule has 0 fully saturated rings. The third kappa shape index (κ3) is 2.84. The molecule has 1 aromatic heterocycles. The van der Waals surface area contributed by atoms with E-state index in [0.717, 1.165) is 5.36 Å². The molecule has 22 heavy (non-hydrogen) atoms. The highest BCUT2D eigenvalue weighted by atomic mass is 35.5. The standard InChI is InChI=1S/C18H13NS2.ClH/c1-3-7-17-13(5-1)15(9-11-20-17)19-16-10-12-21-18-8-4-2-6-14(16)18;/h1-12,15H;1H. The van der Waals surface area contributed by atoms with Crippen molar-refractivity contribution in [1.29, 1.82) is 0 Å². The number of benzene rings is 2. The third-order valence-electron chi connectivity index (χ3n) is 3.56. The van der Waals surface area contributed by atoms with E-state index >= 15 is 0 Å². The first-order valence-corrected chi connectivity index (χ1v) is 8.60. The second-order valence-corrected chi connectivity index (χ2v) is 6.76. The summed E-state index contributed by atoms with van der Waals surface area (Å²) in [5.41, 5.74) is 1.29. The Bertz CT molecular complexity index is 893. The van der Waals surface area contributed by atoms with Gasteiger partial charge in [0, 0.05) is 15.0 Å². The Kier molecular flexibility index (Phi) is 4.67. The van der Waals surface area contributed by atoms with Crippen molar-refractivity contribution >= 4 is 45.6 Å². The summed E-state index contributed by atoms with van der Waals surface area (Å²) in [5.74, 6) is 0. The zero-order valence-electron chi connectivity index (χ0n) is 11.7. The lowest BCUT2D eigenvalue weighted by Crippen LogP contribution is -2.07. The van der Waals surface area contributed by atoms with Gasteiger partial charge in [0.2, 0.25) is 0 Å². The summed E-state index contributed by atoms with van der Waals surface area (Å²) < 4.78 is 1.28. The van der Waals surface area contributed by atoms with E-state index in [0.29, 0.717) is 0 Å². The molecular formula is C18H14ClNS2. The number of rotatable bonds is 1. The fourth-order valence-electron chi connectivity index (χ4n) is 2.54. The molecule has 1 unspecified atom stereocenters. The monoisotopic (exact) mass is 343 g/mol. The predicted octanol–water partition coefficient (Wildman–Crippen LogP) is 5.58. The van der Waals surface area contributed by atoms with Gasteiger partial charge in [0.15, 0.2) is 0 Å². The van der Waals surface area contributed by atoms with Crippen LogP contribution < -0.4 is 5.36 Å². The quantitative estimate of drug-likeness (QED) is 0.561. The van der Waals surface area contributed by atoms with E-state index in [2.05, 4.69) is 71.5 Å².